The summed E-state index contributed by atoms with van der Waals surface area (Å²) in [6.07, 6.45) is 0. The summed E-state index contributed by atoms with van der Waals surface area (Å²) in [7, 11) is 1.55. The molecule has 140 valence electrons. The average Bonchev–Trinajstić information content (AvgIpc) is 2.74. The van der Waals surface area contributed by atoms with Crippen LogP contribution in [0.5, 0.6) is 11.5 Å². The molecular formula is C23H18O5. The largest absolute Gasteiger partial charge is 0.497 e. The van der Waals surface area contributed by atoms with Gasteiger partial charge in [0.1, 0.15) is 17.1 Å². The van der Waals surface area contributed by atoms with Gasteiger partial charge in [0.15, 0.2) is 12.4 Å². The van der Waals surface area contributed by atoms with Crippen LogP contribution < -0.4 is 15.1 Å². The molecular weight excluding hydrogens is 356 g/mol. The van der Waals surface area contributed by atoms with Crippen LogP contribution in [0.4, 0.5) is 0 Å². The lowest BCUT2D eigenvalue weighted by Crippen LogP contribution is -2.12. The molecule has 0 fully saturated rings. The van der Waals surface area contributed by atoms with Crippen molar-refractivity contribution in [1.29, 1.82) is 0 Å². The molecule has 1 aromatic heterocycles. The van der Waals surface area contributed by atoms with Gasteiger partial charge in [-0.25, -0.2) is 4.79 Å². The van der Waals surface area contributed by atoms with E-state index in [0.717, 1.165) is 10.8 Å². The Bertz CT molecular complexity index is 1240. The first-order valence-electron chi connectivity index (χ1n) is 8.83. The fraction of sp³-hybridized carbons (Fsp3) is 0.130. The molecule has 0 unspecified atom stereocenters. The summed E-state index contributed by atoms with van der Waals surface area (Å²) in [4.78, 5) is 24.7. The van der Waals surface area contributed by atoms with Crippen LogP contribution in [0, 0.1) is 6.92 Å². The minimum absolute atomic E-state index is 0.0919. The van der Waals surface area contributed by atoms with Gasteiger partial charge in [0, 0.05) is 21.9 Å². The summed E-state index contributed by atoms with van der Waals surface area (Å²) < 4.78 is 16.5. The Morgan fingerprint density at radius 3 is 2.46 bits per heavy atom. The molecule has 0 spiro atoms. The molecule has 0 amide bonds. The Morgan fingerprint density at radius 1 is 0.964 bits per heavy atom. The van der Waals surface area contributed by atoms with E-state index in [1.54, 1.807) is 37.4 Å². The molecule has 0 aliphatic carbocycles. The van der Waals surface area contributed by atoms with Crippen LogP contribution >= 0.6 is 0 Å². The van der Waals surface area contributed by atoms with E-state index >= 15 is 0 Å². The Morgan fingerprint density at radius 2 is 1.71 bits per heavy atom. The van der Waals surface area contributed by atoms with Gasteiger partial charge in [-0.1, -0.05) is 30.3 Å². The van der Waals surface area contributed by atoms with Crippen molar-refractivity contribution in [1.82, 2.24) is 0 Å². The van der Waals surface area contributed by atoms with Crippen LogP contribution in [-0.2, 0) is 0 Å². The van der Waals surface area contributed by atoms with E-state index in [9.17, 15) is 9.59 Å². The molecule has 28 heavy (non-hydrogen) atoms. The molecule has 5 heteroatoms. The van der Waals surface area contributed by atoms with Crippen LogP contribution in [0.3, 0.4) is 0 Å². The number of hydrogen-bond acceptors (Lipinski definition) is 5. The van der Waals surface area contributed by atoms with E-state index in [1.807, 2.05) is 37.3 Å². The molecule has 0 saturated carbocycles. The van der Waals surface area contributed by atoms with Crippen molar-refractivity contribution >= 4 is 27.5 Å². The van der Waals surface area contributed by atoms with Crippen LogP contribution in [0.1, 0.15) is 15.9 Å². The summed E-state index contributed by atoms with van der Waals surface area (Å²) in [6, 6.07) is 17.9. The first-order valence-corrected chi connectivity index (χ1v) is 8.83. The Kier molecular flexibility index (Phi) is 4.57. The van der Waals surface area contributed by atoms with E-state index in [-0.39, 0.29) is 12.4 Å². The first kappa shape index (κ1) is 17.8. The Hall–Kier alpha value is -3.60. The monoisotopic (exact) mass is 374 g/mol. The number of hydrogen-bond donors (Lipinski definition) is 0. The number of ketones is 1. The number of fused-ring (bicyclic) bond motifs is 3. The number of methoxy groups -OCH3 is 1. The van der Waals surface area contributed by atoms with E-state index in [2.05, 4.69) is 0 Å². The molecule has 0 bridgehead atoms. The highest BCUT2D eigenvalue weighted by molar-refractivity contribution is 6.06. The van der Waals surface area contributed by atoms with Gasteiger partial charge in [0.25, 0.3) is 0 Å². The topological polar surface area (TPSA) is 65.7 Å². The molecule has 4 aromatic rings. The minimum Gasteiger partial charge on any atom is -0.497 e. The predicted octanol–water partition coefficient (Wildman–Crippen LogP) is 4.52. The Balaban J connectivity index is 1.72. The second-order valence-corrected chi connectivity index (χ2v) is 6.44. The highest BCUT2D eigenvalue weighted by Gasteiger charge is 2.14. The Labute approximate surface area is 161 Å². The number of benzene rings is 3. The van der Waals surface area contributed by atoms with Crippen molar-refractivity contribution in [2.45, 2.75) is 6.92 Å². The molecule has 4 rings (SSSR count). The molecule has 0 aliphatic heterocycles. The van der Waals surface area contributed by atoms with Gasteiger partial charge in [0.2, 0.25) is 0 Å². The number of ether oxygens (including phenoxy) is 2. The van der Waals surface area contributed by atoms with Gasteiger partial charge in [-0.15, -0.1) is 0 Å². The minimum atomic E-state index is -0.443. The van der Waals surface area contributed by atoms with E-state index in [1.165, 1.54) is 0 Å². The van der Waals surface area contributed by atoms with Gasteiger partial charge >= 0.3 is 5.63 Å². The third-order valence-corrected chi connectivity index (χ3v) is 4.74. The van der Waals surface area contributed by atoms with Crippen LogP contribution in [0.15, 0.2) is 69.9 Å². The van der Waals surface area contributed by atoms with Crippen molar-refractivity contribution in [3.8, 4) is 11.5 Å². The summed E-state index contributed by atoms with van der Waals surface area (Å²) >= 11 is 0. The number of carbonyl (C=O) groups excluding carboxylic acids is 1. The van der Waals surface area contributed by atoms with Crippen molar-refractivity contribution in [2.75, 3.05) is 13.7 Å². The second kappa shape index (κ2) is 7.19. The lowest BCUT2D eigenvalue weighted by atomic mass is 10.0. The zero-order valence-electron chi connectivity index (χ0n) is 15.5. The van der Waals surface area contributed by atoms with E-state index < -0.39 is 5.63 Å². The van der Waals surface area contributed by atoms with Crippen LogP contribution in [0.25, 0.3) is 21.7 Å². The summed E-state index contributed by atoms with van der Waals surface area (Å²) in [6.45, 7) is 1.72. The lowest BCUT2D eigenvalue weighted by Gasteiger charge is -2.11. The first-order chi connectivity index (χ1) is 13.6. The number of rotatable bonds is 5. The quantitative estimate of drug-likeness (QED) is 0.292. The second-order valence-electron chi connectivity index (χ2n) is 6.44. The van der Waals surface area contributed by atoms with Gasteiger partial charge in [-0.2, -0.15) is 0 Å². The van der Waals surface area contributed by atoms with Gasteiger partial charge in [0.05, 0.1) is 12.5 Å². The van der Waals surface area contributed by atoms with Gasteiger partial charge < -0.3 is 13.9 Å². The third kappa shape index (κ3) is 3.11. The molecule has 5 nitrogen and oxygen atoms in total. The standard InChI is InChI=1S/C23H18O5/c1-14-21(27-13-20(24)15-6-4-3-5-7-15)11-10-18-17-9-8-16(26-2)12-19(17)23(25)28-22(14)18/h3-12H,13H2,1-2H3. The summed E-state index contributed by atoms with van der Waals surface area (Å²) in [5.74, 6) is 0.982. The number of aryl methyl sites for hydroxylation is 1. The summed E-state index contributed by atoms with van der Waals surface area (Å²) in [5, 5.41) is 2.04. The molecule has 0 atom stereocenters. The maximum absolute atomic E-state index is 12.5. The predicted molar refractivity (Wildman–Crippen MR) is 108 cm³/mol. The van der Waals surface area contributed by atoms with Gasteiger partial charge in [-0.05, 0) is 37.3 Å². The smallest absolute Gasteiger partial charge is 0.344 e. The molecule has 3 aromatic carbocycles. The van der Waals surface area contributed by atoms with Crippen molar-refractivity contribution in [3.63, 3.8) is 0 Å². The van der Waals surface area contributed by atoms with E-state index in [0.29, 0.717) is 33.6 Å². The van der Waals surface area contributed by atoms with Crippen molar-refractivity contribution < 1.29 is 18.7 Å². The number of Topliss-reactive ketones (excluding diaryl/α,β-unsaturated/α-hetero) is 1. The SMILES string of the molecule is COc1ccc2c(c1)c(=O)oc1c(C)c(OCC(=O)c3ccccc3)ccc12. The van der Waals surface area contributed by atoms with Crippen LogP contribution in [-0.4, -0.2) is 19.5 Å². The fourth-order valence-electron chi connectivity index (χ4n) is 3.23. The van der Waals surface area contributed by atoms with Crippen molar-refractivity contribution in [2.24, 2.45) is 0 Å². The maximum Gasteiger partial charge on any atom is 0.344 e. The maximum atomic E-state index is 12.5. The zero-order chi connectivity index (χ0) is 19.7. The molecule has 0 aliphatic rings. The molecule has 0 radical (unpaired) electrons. The fourth-order valence-corrected chi connectivity index (χ4v) is 3.23. The van der Waals surface area contributed by atoms with Crippen LogP contribution in [0.2, 0.25) is 0 Å². The molecule has 1 heterocycles. The van der Waals surface area contributed by atoms with E-state index in [4.69, 9.17) is 13.9 Å². The third-order valence-electron chi connectivity index (χ3n) is 4.74. The highest BCUT2D eigenvalue weighted by Crippen LogP contribution is 2.32. The molecule has 0 N–H and O–H groups in total. The van der Waals surface area contributed by atoms with Crippen molar-refractivity contribution in [3.05, 3.63) is 82.2 Å². The average molecular weight is 374 g/mol. The van der Waals surface area contributed by atoms with Gasteiger partial charge in [-0.3, -0.25) is 4.79 Å². The lowest BCUT2D eigenvalue weighted by molar-refractivity contribution is 0.0921. The molecule has 0 saturated heterocycles. The normalized spacial score (nSPS) is 10.9. The zero-order valence-corrected chi connectivity index (χ0v) is 15.5. The summed E-state index contributed by atoms with van der Waals surface area (Å²) in [5.41, 5.74) is 1.27. The number of carbonyl (C=O) groups is 1. The highest BCUT2D eigenvalue weighted by atomic mass is 16.5.